The van der Waals surface area contributed by atoms with Gasteiger partial charge in [0.2, 0.25) is 5.91 Å². The maximum absolute atomic E-state index is 13.1. The standard InChI is InChI=1S/C25H34N2O4/c1-14-5-6-21(15(2)7-14)27-22(28)17(4)31-23(29)16(3)26-24(30)25-11-18-8-19(12-25)10-20(9-18)13-25/h5-7,16-20H,8-13H2,1-4H3,(H,26,30)(H,27,28)/t16-,17+,18?,19?,20?,25?/m0/s1. The minimum Gasteiger partial charge on any atom is -0.451 e. The van der Waals surface area contributed by atoms with Crippen molar-refractivity contribution in [1.29, 1.82) is 0 Å². The van der Waals surface area contributed by atoms with Gasteiger partial charge in [0.25, 0.3) is 5.91 Å². The summed E-state index contributed by atoms with van der Waals surface area (Å²) in [6.07, 6.45) is 5.67. The van der Waals surface area contributed by atoms with Crippen LogP contribution in [0.25, 0.3) is 0 Å². The molecule has 4 bridgehead atoms. The number of esters is 1. The molecular weight excluding hydrogens is 392 g/mol. The summed E-state index contributed by atoms with van der Waals surface area (Å²) < 4.78 is 5.36. The van der Waals surface area contributed by atoms with E-state index in [2.05, 4.69) is 10.6 Å². The number of rotatable bonds is 6. The summed E-state index contributed by atoms with van der Waals surface area (Å²) in [4.78, 5) is 38.2. The zero-order valence-corrected chi connectivity index (χ0v) is 19.0. The van der Waals surface area contributed by atoms with Crippen LogP contribution >= 0.6 is 0 Å². The second-order valence-corrected chi connectivity index (χ2v) is 10.3. The predicted molar refractivity (Wildman–Crippen MR) is 118 cm³/mol. The van der Waals surface area contributed by atoms with E-state index in [0.29, 0.717) is 23.4 Å². The van der Waals surface area contributed by atoms with Gasteiger partial charge >= 0.3 is 5.97 Å². The Morgan fingerprint density at radius 2 is 1.58 bits per heavy atom. The smallest absolute Gasteiger partial charge is 0.329 e. The van der Waals surface area contributed by atoms with Gasteiger partial charge in [0.15, 0.2) is 6.10 Å². The maximum Gasteiger partial charge on any atom is 0.329 e. The van der Waals surface area contributed by atoms with Crippen LogP contribution in [-0.2, 0) is 19.1 Å². The number of nitrogens with one attached hydrogen (secondary N) is 2. The quantitative estimate of drug-likeness (QED) is 0.676. The lowest BCUT2D eigenvalue weighted by Gasteiger charge is -2.55. The Balaban J connectivity index is 1.31. The SMILES string of the molecule is Cc1ccc(NC(=O)[C@@H](C)OC(=O)[C@H](C)NC(=O)C23CC4CC(CC(C4)C2)C3)c(C)c1. The highest BCUT2D eigenvalue weighted by Crippen LogP contribution is 2.60. The van der Waals surface area contributed by atoms with Crippen LogP contribution in [-0.4, -0.2) is 29.9 Å². The van der Waals surface area contributed by atoms with Crippen molar-refractivity contribution in [2.24, 2.45) is 23.2 Å². The number of hydrogen-bond donors (Lipinski definition) is 2. The molecule has 1 aromatic carbocycles. The average Bonchev–Trinajstić information content (AvgIpc) is 2.68. The van der Waals surface area contributed by atoms with Gasteiger partial charge in [-0.25, -0.2) is 4.79 Å². The van der Waals surface area contributed by atoms with E-state index in [1.165, 1.54) is 19.3 Å². The summed E-state index contributed by atoms with van der Waals surface area (Å²) in [5.74, 6) is 0.999. The Kier molecular flexibility index (Phi) is 5.84. The molecule has 4 aliphatic rings. The van der Waals surface area contributed by atoms with Gasteiger partial charge in [0, 0.05) is 11.1 Å². The first-order valence-electron chi connectivity index (χ1n) is 11.5. The molecule has 2 atom stereocenters. The lowest BCUT2D eigenvalue weighted by atomic mass is 9.49. The fourth-order valence-electron chi connectivity index (χ4n) is 6.32. The highest BCUT2D eigenvalue weighted by molar-refractivity contribution is 5.96. The zero-order valence-electron chi connectivity index (χ0n) is 19.0. The van der Waals surface area contributed by atoms with Gasteiger partial charge in [0.05, 0.1) is 0 Å². The summed E-state index contributed by atoms with van der Waals surface area (Å²) >= 11 is 0. The molecule has 4 saturated carbocycles. The van der Waals surface area contributed by atoms with E-state index in [1.54, 1.807) is 13.8 Å². The molecule has 1 aromatic rings. The second-order valence-electron chi connectivity index (χ2n) is 10.3. The minimum absolute atomic E-state index is 0.0107. The van der Waals surface area contributed by atoms with Crippen LogP contribution in [0.3, 0.4) is 0 Å². The molecule has 4 fully saturated rings. The van der Waals surface area contributed by atoms with Gasteiger partial charge < -0.3 is 15.4 Å². The van der Waals surface area contributed by atoms with Gasteiger partial charge in [0.1, 0.15) is 6.04 Å². The lowest BCUT2D eigenvalue weighted by Crippen LogP contribution is -2.56. The predicted octanol–water partition coefficient (Wildman–Crippen LogP) is 3.89. The number of carbonyl (C=O) groups is 3. The molecule has 5 rings (SSSR count). The monoisotopic (exact) mass is 426 g/mol. The average molecular weight is 427 g/mol. The molecule has 31 heavy (non-hydrogen) atoms. The third-order valence-corrected chi connectivity index (χ3v) is 7.52. The van der Waals surface area contributed by atoms with Gasteiger partial charge in [-0.3, -0.25) is 9.59 Å². The second kappa shape index (κ2) is 8.29. The molecule has 0 saturated heterocycles. The van der Waals surface area contributed by atoms with Crippen molar-refractivity contribution in [3.8, 4) is 0 Å². The normalized spacial score (nSPS) is 30.4. The molecule has 168 valence electrons. The maximum atomic E-state index is 13.1. The number of benzene rings is 1. The fourth-order valence-corrected chi connectivity index (χ4v) is 6.32. The Labute approximate surface area is 184 Å². The van der Waals surface area contributed by atoms with E-state index in [9.17, 15) is 14.4 Å². The van der Waals surface area contributed by atoms with E-state index in [1.807, 2.05) is 32.0 Å². The van der Waals surface area contributed by atoms with Gasteiger partial charge in [-0.1, -0.05) is 17.7 Å². The molecule has 0 heterocycles. The van der Waals surface area contributed by atoms with Gasteiger partial charge in [-0.15, -0.1) is 0 Å². The summed E-state index contributed by atoms with van der Waals surface area (Å²) in [5.41, 5.74) is 2.44. The van der Waals surface area contributed by atoms with Crippen LogP contribution < -0.4 is 10.6 Å². The summed E-state index contributed by atoms with van der Waals surface area (Å²) in [5, 5.41) is 5.71. The molecule has 0 aromatic heterocycles. The van der Waals surface area contributed by atoms with Crippen LogP contribution in [0.2, 0.25) is 0 Å². The van der Waals surface area contributed by atoms with Crippen molar-refractivity contribution >= 4 is 23.5 Å². The summed E-state index contributed by atoms with van der Waals surface area (Å²) in [6.45, 7) is 7.09. The van der Waals surface area contributed by atoms with Crippen LogP contribution in [0.4, 0.5) is 5.69 Å². The van der Waals surface area contributed by atoms with Crippen molar-refractivity contribution in [2.75, 3.05) is 5.32 Å². The van der Waals surface area contributed by atoms with Crippen molar-refractivity contribution in [3.05, 3.63) is 29.3 Å². The Morgan fingerprint density at radius 3 is 2.13 bits per heavy atom. The van der Waals surface area contributed by atoms with E-state index in [4.69, 9.17) is 4.74 Å². The first-order valence-corrected chi connectivity index (χ1v) is 11.5. The van der Waals surface area contributed by atoms with Crippen LogP contribution in [0, 0.1) is 37.0 Å². The van der Waals surface area contributed by atoms with Gasteiger partial charge in [-0.05, 0) is 95.6 Å². The van der Waals surface area contributed by atoms with Crippen molar-refractivity contribution in [1.82, 2.24) is 5.32 Å². The van der Waals surface area contributed by atoms with Crippen LogP contribution in [0.5, 0.6) is 0 Å². The summed E-state index contributed by atoms with van der Waals surface area (Å²) in [6, 6.07) is 4.96. The number of hydrogen-bond acceptors (Lipinski definition) is 4. The number of aryl methyl sites for hydroxylation is 2. The third-order valence-electron chi connectivity index (χ3n) is 7.52. The lowest BCUT2D eigenvalue weighted by molar-refractivity contribution is -0.158. The number of amides is 2. The first-order chi connectivity index (χ1) is 14.6. The fraction of sp³-hybridized carbons (Fsp3) is 0.640. The summed E-state index contributed by atoms with van der Waals surface area (Å²) in [7, 11) is 0. The van der Waals surface area contributed by atoms with Gasteiger partial charge in [-0.2, -0.15) is 0 Å². The molecule has 2 N–H and O–H groups in total. The molecule has 6 nitrogen and oxygen atoms in total. The molecule has 4 aliphatic carbocycles. The van der Waals surface area contributed by atoms with Crippen molar-refractivity contribution in [3.63, 3.8) is 0 Å². The van der Waals surface area contributed by atoms with Crippen LogP contribution in [0.15, 0.2) is 18.2 Å². The molecule has 0 radical (unpaired) electrons. The number of carbonyl (C=O) groups excluding carboxylic acids is 3. The minimum atomic E-state index is -0.952. The largest absolute Gasteiger partial charge is 0.451 e. The molecular formula is C25H34N2O4. The molecule has 0 aliphatic heterocycles. The van der Waals surface area contributed by atoms with Crippen LogP contribution in [0.1, 0.15) is 63.5 Å². The van der Waals surface area contributed by atoms with Crippen molar-refractivity contribution < 1.29 is 19.1 Å². The third kappa shape index (κ3) is 4.48. The molecule has 6 heteroatoms. The molecule has 0 unspecified atom stereocenters. The Bertz CT molecular complexity index is 858. The highest BCUT2D eigenvalue weighted by atomic mass is 16.5. The molecule has 2 amide bonds. The highest BCUT2D eigenvalue weighted by Gasteiger charge is 2.54. The Hall–Kier alpha value is -2.37. The van der Waals surface area contributed by atoms with Crippen molar-refractivity contribution in [2.45, 2.75) is 78.4 Å². The number of anilines is 1. The molecule has 0 spiro atoms. The topological polar surface area (TPSA) is 84.5 Å². The Morgan fingerprint density at radius 1 is 1.00 bits per heavy atom. The van der Waals surface area contributed by atoms with E-state index < -0.39 is 18.1 Å². The first kappa shape index (κ1) is 21.8. The number of ether oxygens (including phenoxy) is 1. The zero-order chi connectivity index (χ0) is 22.3. The van der Waals surface area contributed by atoms with E-state index in [0.717, 1.165) is 30.4 Å². The van der Waals surface area contributed by atoms with E-state index >= 15 is 0 Å². The van der Waals surface area contributed by atoms with E-state index in [-0.39, 0.29) is 17.2 Å².